The molecule has 0 heterocycles. The quantitative estimate of drug-likeness (QED) is 0.324. The van der Waals surface area contributed by atoms with Crippen LogP contribution >= 0.6 is 24.0 Å². The summed E-state index contributed by atoms with van der Waals surface area (Å²) in [5.74, 6) is 0.552. The predicted octanol–water partition coefficient (Wildman–Crippen LogP) is 4.73. The van der Waals surface area contributed by atoms with E-state index in [1.165, 1.54) is 6.07 Å². The molecule has 0 amide bonds. The number of guanidine groups is 1. The molecule has 0 aliphatic carbocycles. The van der Waals surface area contributed by atoms with Crippen molar-refractivity contribution in [3.63, 3.8) is 0 Å². The summed E-state index contributed by atoms with van der Waals surface area (Å²) in [6, 6.07) is 13.2. The maximum absolute atomic E-state index is 12.8. The molecule has 2 N–H and O–H groups in total. The minimum absolute atomic E-state index is 0. The van der Waals surface area contributed by atoms with Crippen molar-refractivity contribution in [2.75, 3.05) is 13.7 Å². The Balaban J connectivity index is 0.00000392. The Bertz CT molecular complexity index is 749. The fourth-order valence-corrected chi connectivity index (χ4v) is 2.46. The zero-order valence-corrected chi connectivity index (χ0v) is 18.2. The van der Waals surface area contributed by atoms with Gasteiger partial charge >= 0.3 is 6.18 Å². The van der Waals surface area contributed by atoms with Crippen LogP contribution in [-0.2, 0) is 30.6 Å². The first-order chi connectivity index (χ1) is 12.9. The third-order valence-corrected chi connectivity index (χ3v) is 3.81. The van der Waals surface area contributed by atoms with Gasteiger partial charge < -0.3 is 15.4 Å². The van der Waals surface area contributed by atoms with Crippen molar-refractivity contribution in [1.29, 1.82) is 0 Å². The van der Waals surface area contributed by atoms with Crippen LogP contribution in [0.3, 0.4) is 0 Å². The zero-order valence-electron chi connectivity index (χ0n) is 15.8. The van der Waals surface area contributed by atoms with E-state index in [1.807, 2.05) is 31.2 Å². The average Bonchev–Trinajstić information content (AvgIpc) is 2.65. The van der Waals surface area contributed by atoms with E-state index in [0.29, 0.717) is 31.2 Å². The Morgan fingerprint density at radius 2 is 1.68 bits per heavy atom. The number of hydrogen-bond donors (Lipinski definition) is 2. The van der Waals surface area contributed by atoms with Gasteiger partial charge in [-0.25, -0.2) is 4.99 Å². The Hall–Kier alpha value is -1.81. The van der Waals surface area contributed by atoms with Gasteiger partial charge in [0.2, 0.25) is 0 Å². The Labute approximate surface area is 180 Å². The topological polar surface area (TPSA) is 45.7 Å². The van der Waals surface area contributed by atoms with Crippen molar-refractivity contribution in [3.05, 3.63) is 70.8 Å². The molecule has 0 fully saturated rings. The van der Waals surface area contributed by atoms with E-state index in [9.17, 15) is 13.2 Å². The van der Waals surface area contributed by atoms with Crippen molar-refractivity contribution in [2.45, 2.75) is 32.8 Å². The Kier molecular flexibility index (Phi) is 10.3. The summed E-state index contributed by atoms with van der Waals surface area (Å²) in [5, 5.41) is 6.29. The van der Waals surface area contributed by atoms with Crippen LogP contribution in [0.1, 0.15) is 29.2 Å². The van der Waals surface area contributed by atoms with E-state index in [2.05, 4.69) is 15.6 Å². The van der Waals surface area contributed by atoms with Gasteiger partial charge in [0.25, 0.3) is 0 Å². The van der Waals surface area contributed by atoms with Crippen LogP contribution in [0, 0.1) is 0 Å². The first kappa shape index (κ1) is 24.2. The first-order valence-electron chi connectivity index (χ1n) is 8.67. The van der Waals surface area contributed by atoms with Gasteiger partial charge in [0.05, 0.1) is 18.7 Å². The standard InChI is InChI=1S/C20H24F3N3O.HI/c1-3-24-19(25-12-15-7-9-16(10-8-15)14-27-2)26-13-17-5-4-6-18(11-17)20(21,22)23;/h4-11H,3,12-14H2,1-2H3,(H2,24,25,26);1H. The summed E-state index contributed by atoms with van der Waals surface area (Å²) in [6.07, 6.45) is -4.35. The second-order valence-electron chi connectivity index (χ2n) is 6.00. The fourth-order valence-electron chi connectivity index (χ4n) is 2.46. The highest BCUT2D eigenvalue weighted by atomic mass is 127. The van der Waals surface area contributed by atoms with Crippen LogP contribution in [-0.4, -0.2) is 19.6 Å². The molecule has 0 spiro atoms. The van der Waals surface area contributed by atoms with E-state index in [4.69, 9.17) is 4.74 Å². The maximum atomic E-state index is 12.8. The summed E-state index contributed by atoms with van der Waals surface area (Å²) < 4.78 is 43.5. The SMILES string of the molecule is CCNC(=NCc1cccc(C(F)(F)F)c1)NCc1ccc(COC)cc1.I. The highest BCUT2D eigenvalue weighted by Gasteiger charge is 2.30. The molecule has 0 aliphatic rings. The lowest BCUT2D eigenvalue weighted by Gasteiger charge is -2.12. The van der Waals surface area contributed by atoms with Crippen molar-refractivity contribution < 1.29 is 17.9 Å². The van der Waals surface area contributed by atoms with Gasteiger partial charge in [0, 0.05) is 20.2 Å². The molecule has 0 radical (unpaired) electrons. The highest BCUT2D eigenvalue weighted by Crippen LogP contribution is 2.29. The number of aliphatic imine (C=N–C) groups is 1. The smallest absolute Gasteiger partial charge is 0.380 e. The summed E-state index contributed by atoms with van der Waals surface area (Å²) in [4.78, 5) is 4.38. The molecule has 0 aromatic heterocycles. The third kappa shape index (κ3) is 8.05. The van der Waals surface area contributed by atoms with Crippen molar-refractivity contribution in [1.82, 2.24) is 10.6 Å². The molecule has 4 nitrogen and oxygen atoms in total. The van der Waals surface area contributed by atoms with Crippen LogP contribution < -0.4 is 10.6 Å². The number of rotatable bonds is 7. The van der Waals surface area contributed by atoms with Gasteiger partial charge in [-0.05, 0) is 35.7 Å². The molecule has 2 aromatic carbocycles. The van der Waals surface area contributed by atoms with Gasteiger partial charge in [-0.15, -0.1) is 24.0 Å². The molecular weight excluding hydrogens is 482 g/mol. The molecule has 0 atom stereocenters. The van der Waals surface area contributed by atoms with Crippen molar-refractivity contribution in [2.24, 2.45) is 4.99 Å². The minimum atomic E-state index is -4.35. The number of halogens is 4. The lowest BCUT2D eigenvalue weighted by Crippen LogP contribution is -2.36. The van der Waals surface area contributed by atoms with Gasteiger partial charge in [-0.1, -0.05) is 36.4 Å². The van der Waals surface area contributed by atoms with E-state index in [0.717, 1.165) is 23.3 Å². The molecule has 28 heavy (non-hydrogen) atoms. The summed E-state index contributed by atoms with van der Waals surface area (Å²) in [5.41, 5.74) is 2.00. The molecule has 2 aromatic rings. The Morgan fingerprint density at radius 1 is 1.00 bits per heavy atom. The monoisotopic (exact) mass is 507 g/mol. The number of methoxy groups -OCH3 is 1. The van der Waals surface area contributed by atoms with Crippen LogP contribution in [0.25, 0.3) is 0 Å². The van der Waals surface area contributed by atoms with Gasteiger partial charge in [0.15, 0.2) is 5.96 Å². The number of ether oxygens (including phenoxy) is 1. The molecular formula is C20H25F3IN3O. The molecule has 0 unspecified atom stereocenters. The largest absolute Gasteiger partial charge is 0.416 e. The number of hydrogen-bond acceptors (Lipinski definition) is 2. The van der Waals surface area contributed by atoms with E-state index >= 15 is 0 Å². The van der Waals surface area contributed by atoms with Crippen molar-refractivity contribution >= 4 is 29.9 Å². The molecule has 0 saturated carbocycles. The van der Waals surface area contributed by atoms with Crippen molar-refractivity contribution in [3.8, 4) is 0 Å². The summed E-state index contributed by atoms with van der Waals surface area (Å²) in [6.45, 7) is 3.87. The molecule has 0 bridgehead atoms. The predicted molar refractivity (Wildman–Crippen MR) is 116 cm³/mol. The van der Waals surface area contributed by atoms with Gasteiger partial charge in [0.1, 0.15) is 0 Å². The van der Waals surface area contributed by atoms with Crippen LogP contribution in [0.2, 0.25) is 0 Å². The first-order valence-corrected chi connectivity index (χ1v) is 8.67. The lowest BCUT2D eigenvalue weighted by molar-refractivity contribution is -0.137. The number of benzene rings is 2. The normalized spacial score (nSPS) is 11.7. The number of nitrogens with zero attached hydrogens (tertiary/aromatic N) is 1. The average molecular weight is 507 g/mol. The molecule has 0 saturated heterocycles. The number of nitrogens with one attached hydrogen (secondary N) is 2. The summed E-state index contributed by atoms with van der Waals surface area (Å²) >= 11 is 0. The van der Waals surface area contributed by atoms with Crippen LogP contribution in [0.15, 0.2) is 53.5 Å². The van der Waals surface area contributed by atoms with E-state index in [-0.39, 0.29) is 30.5 Å². The minimum Gasteiger partial charge on any atom is -0.380 e. The second kappa shape index (κ2) is 11.9. The van der Waals surface area contributed by atoms with E-state index in [1.54, 1.807) is 13.2 Å². The van der Waals surface area contributed by atoms with Crippen LogP contribution in [0.5, 0.6) is 0 Å². The third-order valence-electron chi connectivity index (χ3n) is 3.81. The molecule has 8 heteroatoms. The van der Waals surface area contributed by atoms with Gasteiger partial charge in [-0.3, -0.25) is 0 Å². The lowest BCUT2D eigenvalue weighted by atomic mass is 10.1. The van der Waals surface area contributed by atoms with Crippen LogP contribution in [0.4, 0.5) is 13.2 Å². The molecule has 0 aliphatic heterocycles. The zero-order chi connectivity index (χ0) is 19.7. The number of alkyl halides is 3. The Morgan fingerprint density at radius 3 is 2.29 bits per heavy atom. The highest BCUT2D eigenvalue weighted by molar-refractivity contribution is 14.0. The van der Waals surface area contributed by atoms with Gasteiger partial charge in [-0.2, -0.15) is 13.2 Å². The van der Waals surface area contributed by atoms with E-state index < -0.39 is 11.7 Å². The second-order valence-corrected chi connectivity index (χ2v) is 6.00. The fraction of sp³-hybridized carbons (Fsp3) is 0.350. The summed E-state index contributed by atoms with van der Waals surface area (Å²) in [7, 11) is 1.65. The molecule has 154 valence electrons. The maximum Gasteiger partial charge on any atom is 0.416 e. The molecule has 2 rings (SSSR count).